The SMILES string of the molecule is CCOS(=O)(=O)c1cc(Cl)ccc1-c1cccnc1. The number of rotatable bonds is 4. The fourth-order valence-electron chi connectivity index (χ4n) is 1.68. The second-order valence-corrected chi connectivity index (χ2v) is 5.76. The van der Waals surface area contributed by atoms with E-state index in [2.05, 4.69) is 4.98 Å². The number of nitrogens with zero attached hydrogens (tertiary/aromatic N) is 1. The molecule has 0 spiro atoms. The molecule has 2 rings (SSSR count). The Kier molecular flexibility index (Phi) is 4.19. The van der Waals surface area contributed by atoms with Gasteiger partial charge in [0.1, 0.15) is 4.90 Å². The third kappa shape index (κ3) is 3.12. The summed E-state index contributed by atoms with van der Waals surface area (Å²) >= 11 is 5.87. The third-order valence-electron chi connectivity index (χ3n) is 2.46. The molecule has 0 aliphatic rings. The molecule has 0 radical (unpaired) electrons. The van der Waals surface area contributed by atoms with Gasteiger partial charge in [0.05, 0.1) is 6.61 Å². The maximum absolute atomic E-state index is 12.1. The van der Waals surface area contributed by atoms with E-state index in [0.717, 1.165) is 0 Å². The molecule has 0 saturated heterocycles. The van der Waals surface area contributed by atoms with Crippen LogP contribution >= 0.6 is 11.6 Å². The first kappa shape index (κ1) is 14.0. The van der Waals surface area contributed by atoms with Gasteiger partial charge in [-0.25, -0.2) is 0 Å². The molecular weight excluding hydrogens is 286 g/mol. The molecule has 0 aliphatic heterocycles. The molecule has 1 heterocycles. The molecule has 1 aromatic carbocycles. The van der Waals surface area contributed by atoms with E-state index in [4.69, 9.17) is 15.8 Å². The van der Waals surface area contributed by atoms with Crippen LogP contribution in [0.4, 0.5) is 0 Å². The van der Waals surface area contributed by atoms with Crippen LogP contribution in [0.2, 0.25) is 5.02 Å². The summed E-state index contributed by atoms with van der Waals surface area (Å²) in [5.41, 5.74) is 1.21. The van der Waals surface area contributed by atoms with Gasteiger partial charge < -0.3 is 0 Å². The normalized spacial score (nSPS) is 11.5. The molecule has 0 aliphatic carbocycles. The fraction of sp³-hybridized carbons (Fsp3) is 0.154. The molecule has 0 bridgehead atoms. The van der Waals surface area contributed by atoms with E-state index in [1.54, 1.807) is 43.6 Å². The van der Waals surface area contributed by atoms with Crippen LogP contribution in [0.5, 0.6) is 0 Å². The predicted octanol–water partition coefficient (Wildman–Crippen LogP) is 3.13. The minimum absolute atomic E-state index is 0.0508. The summed E-state index contributed by atoms with van der Waals surface area (Å²) < 4.78 is 29.0. The summed E-state index contributed by atoms with van der Waals surface area (Å²) in [4.78, 5) is 4.03. The minimum Gasteiger partial charge on any atom is -0.267 e. The number of hydrogen-bond donors (Lipinski definition) is 0. The van der Waals surface area contributed by atoms with Crippen molar-refractivity contribution in [1.29, 1.82) is 0 Å². The van der Waals surface area contributed by atoms with Crippen molar-refractivity contribution in [2.75, 3.05) is 6.61 Å². The van der Waals surface area contributed by atoms with Crippen LogP contribution in [0.3, 0.4) is 0 Å². The largest absolute Gasteiger partial charge is 0.297 e. The van der Waals surface area contributed by atoms with Crippen LogP contribution < -0.4 is 0 Å². The van der Waals surface area contributed by atoms with Gasteiger partial charge in [0.2, 0.25) is 0 Å². The van der Waals surface area contributed by atoms with Crippen molar-refractivity contribution >= 4 is 21.7 Å². The van der Waals surface area contributed by atoms with Crippen LogP contribution in [-0.2, 0) is 14.3 Å². The van der Waals surface area contributed by atoms with Gasteiger partial charge in [-0.2, -0.15) is 8.42 Å². The Morgan fingerprint density at radius 1 is 1.32 bits per heavy atom. The third-order valence-corrected chi connectivity index (χ3v) is 4.12. The number of aromatic nitrogens is 1. The van der Waals surface area contributed by atoms with Crippen LogP contribution in [0.25, 0.3) is 11.1 Å². The number of halogens is 1. The average molecular weight is 298 g/mol. The lowest BCUT2D eigenvalue weighted by Crippen LogP contribution is -2.07. The highest BCUT2D eigenvalue weighted by Crippen LogP contribution is 2.30. The van der Waals surface area contributed by atoms with Gasteiger partial charge in [-0.3, -0.25) is 9.17 Å². The van der Waals surface area contributed by atoms with Crippen molar-refractivity contribution in [3.63, 3.8) is 0 Å². The summed E-state index contributed by atoms with van der Waals surface area (Å²) in [6.07, 6.45) is 3.21. The topological polar surface area (TPSA) is 56.3 Å². The number of hydrogen-bond acceptors (Lipinski definition) is 4. The standard InChI is InChI=1S/C13H12ClNO3S/c1-2-18-19(16,17)13-8-11(14)5-6-12(13)10-4-3-7-15-9-10/h3-9H,2H2,1H3. The average Bonchev–Trinajstić information content (AvgIpc) is 2.39. The van der Waals surface area contributed by atoms with Crippen molar-refractivity contribution in [1.82, 2.24) is 4.98 Å². The number of pyridine rings is 1. The predicted molar refractivity (Wildman–Crippen MR) is 73.5 cm³/mol. The van der Waals surface area contributed by atoms with Crippen molar-refractivity contribution in [3.8, 4) is 11.1 Å². The van der Waals surface area contributed by atoms with Crippen molar-refractivity contribution in [2.24, 2.45) is 0 Å². The highest BCUT2D eigenvalue weighted by molar-refractivity contribution is 7.87. The lowest BCUT2D eigenvalue weighted by atomic mass is 10.1. The summed E-state index contributed by atoms with van der Waals surface area (Å²) in [6, 6.07) is 8.18. The van der Waals surface area contributed by atoms with E-state index in [0.29, 0.717) is 16.1 Å². The van der Waals surface area contributed by atoms with Gasteiger partial charge in [-0.15, -0.1) is 0 Å². The van der Waals surface area contributed by atoms with Gasteiger partial charge >= 0.3 is 0 Å². The summed E-state index contributed by atoms with van der Waals surface area (Å²) in [5, 5.41) is 0.339. The molecule has 100 valence electrons. The van der Waals surface area contributed by atoms with Crippen LogP contribution in [0, 0.1) is 0 Å². The maximum atomic E-state index is 12.1. The fourth-order valence-corrected chi connectivity index (χ4v) is 3.08. The lowest BCUT2D eigenvalue weighted by molar-refractivity contribution is 0.338. The first-order valence-electron chi connectivity index (χ1n) is 5.64. The molecule has 2 aromatic rings. The Morgan fingerprint density at radius 3 is 2.74 bits per heavy atom. The van der Waals surface area contributed by atoms with E-state index in [-0.39, 0.29) is 11.5 Å². The van der Waals surface area contributed by atoms with Gasteiger partial charge in [-0.1, -0.05) is 23.7 Å². The van der Waals surface area contributed by atoms with Crippen LogP contribution in [0.15, 0.2) is 47.6 Å². The smallest absolute Gasteiger partial charge is 0.267 e. The Labute approximate surface area is 117 Å². The Hall–Kier alpha value is -1.43. The van der Waals surface area contributed by atoms with Gasteiger partial charge in [0, 0.05) is 28.5 Å². The molecular formula is C13H12ClNO3S. The van der Waals surface area contributed by atoms with E-state index in [9.17, 15) is 8.42 Å². The minimum atomic E-state index is -3.82. The van der Waals surface area contributed by atoms with Crippen LogP contribution in [0.1, 0.15) is 6.92 Å². The highest BCUT2D eigenvalue weighted by atomic mass is 35.5. The zero-order valence-corrected chi connectivity index (χ0v) is 11.8. The first-order chi connectivity index (χ1) is 9.04. The highest BCUT2D eigenvalue weighted by Gasteiger charge is 2.20. The monoisotopic (exact) mass is 297 g/mol. The van der Waals surface area contributed by atoms with Crippen molar-refractivity contribution in [2.45, 2.75) is 11.8 Å². The molecule has 0 N–H and O–H groups in total. The van der Waals surface area contributed by atoms with Crippen molar-refractivity contribution < 1.29 is 12.6 Å². The Morgan fingerprint density at radius 2 is 2.11 bits per heavy atom. The molecule has 0 atom stereocenters. The van der Waals surface area contributed by atoms with E-state index in [1.807, 2.05) is 0 Å². The molecule has 0 fully saturated rings. The molecule has 0 saturated carbocycles. The van der Waals surface area contributed by atoms with E-state index in [1.165, 1.54) is 6.07 Å². The van der Waals surface area contributed by atoms with Gasteiger partial charge in [-0.05, 0) is 25.1 Å². The first-order valence-corrected chi connectivity index (χ1v) is 7.42. The summed E-state index contributed by atoms with van der Waals surface area (Å²) in [5.74, 6) is 0. The van der Waals surface area contributed by atoms with Crippen LogP contribution in [-0.4, -0.2) is 20.0 Å². The molecule has 1 aromatic heterocycles. The molecule has 0 amide bonds. The molecule has 19 heavy (non-hydrogen) atoms. The lowest BCUT2D eigenvalue weighted by Gasteiger charge is -2.10. The van der Waals surface area contributed by atoms with E-state index < -0.39 is 10.1 Å². The summed E-state index contributed by atoms with van der Waals surface area (Å²) in [6.45, 7) is 1.69. The zero-order valence-electron chi connectivity index (χ0n) is 10.2. The summed E-state index contributed by atoms with van der Waals surface area (Å²) in [7, 11) is -3.82. The number of benzene rings is 1. The zero-order chi connectivity index (χ0) is 13.9. The van der Waals surface area contributed by atoms with Gasteiger partial charge in [0.25, 0.3) is 10.1 Å². The second kappa shape index (κ2) is 5.69. The molecule has 0 unspecified atom stereocenters. The second-order valence-electron chi connectivity index (χ2n) is 3.74. The van der Waals surface area contributed by atoms with Crippen molar-refractivity contribution in [3.05, 3.63) is 47.7 Å². The molecule has 4 nitrogen and oxygen atoms in total. The van der Waals surface area contributed by atoms with E-state index >= 15 is 0 Å². The Bertz CT molecular complexity index is 672. The van der Waals surface area contributed by atoms with Gasteiger partial charge in [0.15, 0.2) is 0 Å². The maximum Gasteiger partial charge on any atom is 0.297 e. The molecule has 6 heteroatoms. The Balaban J connectivity index is 2.64. The quantitative estimate of drug-likeness (QED) is 0.814.